The zero-order chi connectivity index (χ0) is 19.7. The van der Waals surface area contributed by atoms with Crippen molar-refractivity contribution in [1.29, 1.82) is 0 Å². The van der Waals surface area contributed by atoms with E-state index in [0.29, 0.717) is 38.4 Å². The van der Waals surface area contributed by atoms with E-state index in [1.165, 1.54) is 0 Å². The van der Waals surface area contributed by atoms with Gasteiger partial charge in [0, 0.05) is 18.7 Å². The second kappa shape index (κ2) is 7.56. The number of amides is 1. The Balaban J connectivity index is 1.71. The lowest BCUT2D eigenvalue weighted by Gasteiger charge is -2.25. The van der Waals surface area contributed by atoms with E-state index in [0.717, 1.165) is 17.0 Å². The van der Waals surface area contributed by atoms with Crippen molar-refractivity contribution in [3.63, 3.8) is 0 Å². The van der Waals surface area contributed by atoms with Crippen molar-refractivity contribution in [1.82, 2.24) is 14.7 Å². The minimum Gasteiger partial charge on any atom is -0.497 e. The number of rotatable bonds is 4. The van der Waals surface area contributed by atoms with Crippen molar-refractivity contribution in [2.75, 3.05) is 44.9 Å². The number of nitrogens with zero attached hydrogens (tertiary/aromatic N) is 3. The molecular weight excluding hydrogens is 382 g/mol. The third-order valence-corrected chi connectivity index (χ3v) is 6.94. The molecule has 1 amide bonds. The number of carbonyl (C=O) groups excluding carboxylic acids is 1. The first-order valence-corrected chi connectivity index (χ1v) is 11.1. The van der Waals surface area contributed by atoms with Crippen molar-refractivity contribution in [3.05, 3.63) is 36.0 Å². The van der Waals surface area contributed by atoms with Gasteiger partial charge in [-0.15, -0.1) is 0 Å². The summed E-state index contributed by atoms with van der Waals surface area (Å²) in [6, 6.07) is 8.93. The van der Waals surface area contributed by atoms with Crippen molar-refractivity contribution < 1.29 is 22.7 Å². The van der Waals surface area contributed by atoms with Crippen LogP contribution in [0, 0.1) is 0 Å². The normalized spacial score (nSPS) is 21.6. The van der Waals surface area contributed by atoms with Crippen molar-refractivity contribution in [2.45, 2.75) is 12.5 Å². The van der Waals surface area contributed by atoms with E-state index < -0.39 is 9.84 Å². The molecule has 4 rings (SSSR count). The largest absolute Gasteiger partial charge is 0.497 e. The van der Waals surface area contributed by atoms with E-state index in [2.05, 4.69) is 5.10 Å². The van der Waals surface area contributed by atoms with Crippen LogP contribution in [0.5, 0.6) is 5.75 Å². The van der Waals surface area contributed by atoms with Crippen LogP contribution in [0.1, 0.15) is 23.0 Å². The maximum Gasteiger partial charge on any atom is 0.274 e. The maximum atomic E-state index is 12.9. The lowest BCUT2D eigenvalue weighted by Crippen LogP contribution is -2.40. The van der Waals surface area contributed by atoms with Crippen LogP contribution in [0.15, 0.2) is 30.3 Å². The van der Waals surface area contributed by atoms with Crippen molar-refractivity contribution in [3.8, 4) is 17.0 Å². The third-order valence-electron chi connectivity index (χ3n) is 5.19. The summed E-state index contributed by atoms with van der Waals surface area (Å²) in [6.07, 6.45) is 0.498. The van der Waals surface area contributed by atoms with Gasteiger partial charge >= 0.3 is 0 Å². The molecule has 0 unspecified atom stereocenters. The van der Waals surface area contributed by atoms with Gasteiger partial charge in [-0.3, -0.25) is 9.48 Å². The molecule has 2 aromatic rings. The molecule has 2 aliphatic rings. The summed E-state index contributed by atoms with van der Waals surface area (Å²) >= 11 is 0. The highest BCUT2D eigenvalue weighted by Crippen LogP contribution is 2.31. The van der Waals surface area contributed by atoms with Gasteiger partial charge in [-0.1, -0.05) is 0 Å². The number of hydrogen-bond acceptors (Lipinski definition) is 6. The summed E-state index contributed by atoms with van der Waals surface area (Å²) < 4.78 is 36.2. The van der Waals surface area contributed by atoms with Gasteiger partial charge in [0.05, 0.1) is 43.6 Å². The molecule has 8 nitrogen and oxygen atoms in total. The van der Waals surface area contributed by atoms with Crippen LogP contribution in [-0.2, 0) is 14.6 Å². The number of ether oxygens (including phenoxy) is 2. The predicted octanol–water partition coefficient (Wildman–Crippen LogP) is 1.39. The lowest BCUT2D eigenvalue weighted by atomic mass is 10.1. The minimum absolute atomic E-state index is 0.0447. The molecule has 1 atom stereocenters. The zero-order valence-corrected chi connectivity index (χ0v) is 16.5. The van der Waals surface area contributed by atoms with Gasteiger partial charge in [0.2, 0.25) is 0 Å². The Labute approximate surface area is 164 Å². The average molecular weight is 405 g/mol. The number of sulfone groups is 1. The van der Waals surface area contributed by atoms with Crippen molar-refractivity contribution in [2.24, 2.45) is 0 Å². The van der Waals surface area contributed by atoms with Gasteiger partial charge in [0.25, 0.3) is 5.91 Å². The summed E-state index contributed by atoms with van der Waals surface area (Å²) in [4.78, 5) is 14.6. The topological polar surface area (TPSA) is 90.7 Å². The van der Waals surface area contributed by atoms with Crippen molar-refractivity contribution >= 4 is 15.7 Å². The van der Waals surface area contributed by atoms with E-state index in [1.54, 1.807) is 22.8 Å². The van der Waals surface area contributed by atoms with Gasteiger partial charge < -0.3 is 14.4 Å². The maximum absolute atomic E-state index is 12.9. The Morgan fingerprint density at radius 2 is 1.93 bits per heavy atom. The monoisotopic (exact) mass is 405 g/mol. The number of morpholine rings is 1. The summed E-state index contributed by atoms with van der Waals surface area (Å²) in [5.74, 6) is 0.760. The van der Waals surface area contributed by atoms with Crippen LogP contribution in [-0.4, -0.2) is 73.9 Å². The summed E-state index contributed by atoms with van der Waals surface area (Å²) in [7, 11) is -1.48. The molecule has 2 fully saturated rings. The van der Waals surface area contributed by atoms with E-state index in [4.69, 9.17) is 9.47 Å². The van der Waals surface area contributed by atoms with Gasteiger partial charge in [0.1, 0.15) is 5.75 Å². The Kier molecular flexibility index (Phi) is 5.11. The SMILES string of the molecule is COc1ccc(-c2cc(C(=O)N3CCOCC3)nn2[C@@H]2CCS(=O)(=O)C2)cc1. The lowest BCUT2D eigenvalue weighted by molar-refractivity contribution is 0.0298. The summed E-state index contributed by atoms with van der Waals surface area (Å²) in [6.45, 7) is 2.08. The van der Waals surface area contributed by atoms with Gasteiger partial charge in [-0.25, -0.2) is 8.42 Å². The van der Waals surface area contributed by atoms with Crippen LogP contribution < -0.4 is 4.74 Å². The molecule has 2 saturated heterocycles. The molecule has 0 N–H and O–H groups in total. The zero-order valence-electron chi connectivity index (χ0n) is 15.7. The second-order valence-corrected chi connectivity index (χ2v) is 9.28. The Bertz CT molecular complexity index is 962. The fourth-order valence-corrected chi connectivity index (χ4v) is 5.34. The highest BCUT2D eigenvalue weighted by molar-refractivity contribution is 7.91. The van der Waals surface area contributed by atoms with Gasteiger partial charge in [-0.2, -0.15) is 5.10 Å². The molecule has 0 saturated carbocycles. The molecule has 1 aromatic heterocycles. The Hall–Kier alpha value is -2.39. The van der Waals surface area contributed by atoms with E-state index in [-0.39, 0.29) is 23.5 Å². The number of hydrogen-bond donors (Lipinski definition) is 0. The summed E-state index contributed by atoms with van der Waals surface area (Å²) in [5.41, 5.74) is 1.93. The molecule has 0 radical (unpaired) electrons. The first-order valence-electron chi connectivity index (χ1n) is 9.28. The Morgan fingerprint density at radius 3 is 2.54 bits per heavy atom. The van der Waals surface area contributed by atoms with Crippen LogP contribution in [0.25, 0.3) is 11.3 Å². The van der Waals surface area contributed by atoms with E-state index in [1.807, 2.05) is 24.3 Å². The molecule has 150 valence electrons. The fourth-order valence-electron chi connectivity index (χ4n) is 3.65. The van der Waals surface area contributed by atoms with Gasteiger partial charge in [0.15, 0.2) is 15.5 Å². The van der Waals surface area contributed by atoms with E-state index in [9.17, 15) is 13.2 Å². The standard InChI is InChI=1S/C19H23N3O5S/c1-26-16-4-2-14(3-5-16)18-12-17(19(23)21-7-9-27-10-8-21)20-22(18)15-6-11-28(24,25)13-15/h2-5,12,15H,6-11,13H2,1H3/t15-/m1/s1. The number of methoxy groups -OCH3 is 1. The average Bonchev–Trinajstić information content (AvgIpc) is 3.31. The molecule has 3 heterocycles. The first kappa shape index (κ1) is 18.9. The number of carbonyl (C=O) groups is 1. The molecule has 2 aliphatic heterocycles. The number of benzene rings is 1. The molecule has 28 heavy (non-hydrogen) atoms. The van der Waals surface area contributed by atoms with Crippen LogP contribution in [0.4, 0.5) is 0 Å². The molecular formula is C19H23N3O5S. The Morgan fingerprint density at radius 1 is 1.21 bits per heavy atom. The second-order valence-electron chi connectivity index (χ2n) is 7.05. The van der Waals surface area contributed by atoms with E-state index >= 15 is 0 Å². The van der Waals surface area contributed by atoms with Gasteiger partial charge in [-0.05, 0) is 36.8 Å². The highest BCUT2D eigenvalue weighted by atomic mass is 32.2. The van der Waals surface area contributed by atoms with Crippen LogP contribution in [0.3, 0.4) is 0 Å². The number of aromatic nitrogens is 2. The first-order chi connectivity index (χ1) is 13.5. The smallest absolute Gasteiger partial charge is 0.274 e. The predicted molar refractivity (Wildman–Crippen MR) is 103 cm³/mol. The third kappa shape index (κ3) is 3.77. The van der Waals surface area contributed by atoms with Crippen LogP contribution >= 0.6 is 0 Å². The van der Waals surface area contributed by atoms with Crippen LogP contribution in [0.2, 0.25) is 0 Å². The highest BCUT2D eigenvalue weighted by Gasteiger charge is 2.33. The molecule has 0 bridgehead atoms. The molecule has 9 heteroatoms. The molecule has 1 aromatic carbocycles. The minimum atomic E-state index is -3.08. The summed E-state index contributed by atoms with van der Waals surface area (Å²) in [5, 5.41) is 4.54. The fraction of sp³-hybridized carbons (Fsp3) is 0.474. The molecule has 0 spiro atoms. The quantitative estimate of drug-likeness (QED) is 0.764. The molecule has 0 aliphatic carbocycles.